The van der Waals surface area contributed by atoms with Crippen molar-refractivity contribution in [1.29, 1.82) is 0 Å². The molecule has 2 unspecified atom stereocenters. The molecule has 19 heavy (non-hydrogen) atoms. The summed E-state index contributed by atoms with van der Waals surface area (Å²) in [5.41, 5.74) is 5.12. The van der Waals surface area contributed by atoms with Crippen LogP contribution in [0.4, 0.5) is 4.79 Å². The summed E-state index contributed by atoms with van der Waals surface area (Å²) in [5, 5.41) is 5.77. The molecule has 0 aromatic carbocycles. The van der Waals surface area contributed by atoms with Gasteiger partial charge in [0.2, 0.25) is 5.91 Å². The fraction of sp³-hybridized carbons (Fsp3) is 0.833. The summed E-state index contributed by atoms with van der Waals surface area (Å²) in [4.78, 5) is 25.0. The van der Waals surface area contributed by atoms with Gasteiger partial charge >= 0.3 is 6.03 Å². The van der Waals surface area contributed by atoms with E-state index in [4.69, 9.17) is 5.73 Å². The molecule has 0 bridgehead atoms. The van der Waals surface area contributed by atoms with Crippen molar-refractivity contribution in [2.24, 2.45) is 5.73 Å². The molecule has 1 fully saturated rings. The van der Waals surface area contributed by atoms with Crippen molar-refractivity contribution in [3.63, 3.8) is 0 Å². The van der Waals surface area contributed by atoms with E-state index >= 15 is 0 Å². The van der Waals surface area contributed by atoms with E-state index in [1.807, 2.05) is 0 Å². The molecule has 0 aromatic rings. The van der Waals surface area contributed by atoms with Gasteiger partial charge in [-0.1, -0.05) is 19.8 Å². The Balaban J connectivity index is 0.00000324. The standard InChI is InChI=1S/C12H24N4O2.ClH/c1-3-4-5-10(15-12(13)18)11(17)16(2)9-6-7-14-8-9;/h9-10,14H,3-8H2,1-2H3,(H3,13,15,18);1H. The summed E-state index contributed by atoms with van der Waals surface area (Å²) in [7, 11) is 1.79. The summed E-state index contributed by atoms with van der Waals surface area (Å²) < 4.78 is 0. The van der Waals surface area contributed by atoms with Gasteiger partial charge in [-0.05, 0) is 19.4 Å². The van der Waals surface area contributed by atoms with Crippen LogP contribution in [0.25, 0.3) is 0 Å². The van der Waals surface area contributed by atoms with Crippen LogP contribution in [0.5, 0.6) is 0 Å². The quantitative estimate of drug-likeness (QED) is 0.664. The number of nitrogens with one attached hydrogen (secondary N) is 2. The van der Waals surface area contributed by atoms with Gasteiger partial charge in [0.15, 0.2) is 0 Å². The van der Waals surface area contributed by atoms with Crippen LogP contribution in [0.1, 0.15) is 32.6 Å². The van der Waals surface area contributed by atoms with Gasteiger partial charge in [-0.3, -0.25) is 4.79 Å². The summed E-state index contributed by atoms with van der Waals surface area (Å²) in [6.45, 7) is 3.81. The van der Waals surface area contributed by atoms with Gasteiger partial charge in [0, 0.05) is 19.6 Å². The highest BCUT2D eigenvalue weighted by Crippen LogP contribution is 2.10. The van der Waals surface area contributed by atoms with Crippen LogP contribution < -0.4 is 16.4 Å². The van der Waals surface area contributed by atoms with Gasteiger partial charge in [-0.15, -0.1) is 12.4 Å². The maximum absolute atomic E-state index is 12.3. The monoisotopic (exact) mass is 292 g/mol. The highest BCUT2D eigenvalue weighted by Gasteiger charge is 2.28. The molecular formula is C12H25ClN4O2. The number of rotatable bonds is 6. The van der Waals surface area contributed by atoms with Gasteiger partial charge < -0.3 is 21.3 Å². The van der Waals surface area contributed by atoms with Crippen LogP contribution in [0, 0.1) is 0 Å². The van der Waals surface area contributed by atoms with E-state index in [-0.39, 0.29) is 24.4 Å². The average Bonchev–Trinajstić information content (AvgIpc) is 2.85. The molecule has 7 heteroatoms. The van der Waals surface area contributed by atoms with Crippen LogP contribution in [0.15, 0.2) is 0 Å². The molecule has 1 heterocycles. The van der Waals surface area contributed by atoms with E-state index < -0.39 is 12.1 Å². The predicted molar refractivity (Wildman–Crippen MR) is 77.3 cm³/mol. The first-order chi connectivity index (χ1) is 8.56. The Labute approximate surface area is 120 Å². The van der Waals surface area contributed by atoms with Crippen molar-refractivity contribution in [3.8, 4) is 0 Å². The smallest absolute Gasteiger partial charge is 0.312 e. The first kappa shape index (κ1) is 18.0. The van der Waals surface area contributed by atoms with E-state index in [1.165, 1.54) is 0 Å². The number of carbonyl (C=O) groups is 2. The molecule has 1 rings (SSSR count). The second-order valence-corrected chi connectivity index (χ2v) is 4.80. The molecule has 2 atom stereocenters. The van der Waals surface area contributed by atoms with Crippen LogP contribution in [0.2, 0.25) is 0 Å². The van der Waals surface area contributed by atoms with Crippen molar-refractivity contribution < 1.29 is 9.59 Å². The lowest BCUT2D eigenvalue weighted by molar-refractivity contribution is -0.133. The number of carbonyl (C=O) groups excluding carboxylic acids is 2. The molecule has 0 radical (unpaired) electrons. The SMILES string of the molecule is CCCCC(NC(N)=O)C(=O)N(C)C1CCNC1.Cl. The normalized spacial score (nSPS) is 19.4. The lowest BCUT2D eigenvalue weighted by Crippen LogP contribution is -2.52. The number of nitrogens with zero attached hydrogens (tertiary/aromatic N) is 1. The fourth-order valence-corrected chi connectivity index (χ4v) is 2.23. The zero-order valence-corrected chi connectivity index (χ0v) is 12.5. The topological polar surface area (TPSA) is 87.5 Å². The number of hydrogen-bond donors (Lipinski definition) is 3. The Morgan fingerprint density at radius 3 is 2.68 bits per heavy atom. The Kier molecular flexibility index (Phi) is 8.51. The predicted octanol–water partition coefficient (Wildman–Crippen LogP) is 0.456. The Morgan fingerprint density at radius 1 is 1.53 bits per heavy atom. The molecule has 1 aliphatic heterocycles. The van der Waals surface area contributed by atoms with Gasteiger partial charge in [0.25, 0.3) is 0 Å². The third-order valence-corrected chi connectivity index (χ3v) is 3.39. The maximum atomic E-state index is 12.3. The molecule has 0 saturated carbocycles. The van der Waals surface area contributed by atoms with Crippen molar-refractivity contribution in [1.82, 2.24) is 15.5 Å². The maximum Gasteiger partial charge on any atom is 0.312 e. The zero-order valence-electron chi connectivity index (χ0n) is 11.6. The Hall–Kier alpha value is -1.01. The van der Waals surface area contributed by atoms with Crippen LogP contribution in [0.3, 0.4) is 0 Å². The highest BCUT2D eigenvalue weighted by molar-refractivity contribution is 5.86. The number of halogens is 1. The van der Waals surface area contributed by atoms with Gasteiger partial charge in [0.1, 0.15) is 6.04 Å². The minimum atomic E-state index is -0.637. The van der Waals surface area contributed by atoms with Crippen LogP contribution in [-0.2, 0) is 4.79 Å². The minimum Gasteiger partial charge on any atom is -0.352 e. The first-order valence-corrected chi connectivity index (χ1v) is 6.59. The largest absolute Gasteiger partial charge is 0.352 e. The lowest BCUT2D eigenvalue weighted by Gasteiger charge is -2.28. The number of unbranched alkanes of at least 4 members (excludes halogenated alkanes) is 1. The Morgan fingerprint density at radius 2 is 2.21 bits per heavy atom. The second-order valence-electron chi connectivity index (χ2n) is 4.80. The molecule has 1 aliphatic rings. The summed E-state index contributed by atoms with van der Waals surface area (Å²) in [6, 6.07) is -0.910. The molecule has 6 nitrogen and oxygen atoms in total. The molecule has 1 saturated heterocycles. The van der Waals surface area contributed by atoms with Crippen LogP contribution in [-0.4, -0.2) is 49.1 Å². The number of urea groups is 1. The first-order valence-electron chi connectivity index (χ1n) is 6.59. The van der Waals surface area contributed by atoms with E-state index in [0.29, 0.717) is 6.42 Å². The van der Waals surface area contributed by atoms with Crippen molar-refractivity contribution in [2.75, 3.05) is 20.1 Å². The lowest BCUT2D eigenvalue weighted by atomic mass is 10.1. The van der Waals surface area contributed by atoms with E-state index in [2.05, 4.69) is 17.6 Å². The number of amides is 3. The molecule has 4 N–H and O–H groups in total. The third kappa shape index (κ3) is 5.65. The van der Waals surface area contributed by atoms with Crippen molar-refractivity contribution in [3.05, 3.63) is 0 Å². The molecule has 112 valence electrons. The highest BCUT2D eigenvalue weighted by atomic mass is 35.5. The number of likely N-dealkylation sites (N-methyl/N-ethyl adjacent to an activating group) is 1. The number of hydrogen-bond acceptors (Lipinski definition) is 3. The van der Waals surface area contributed by atoms with Crippen molar-refractivity contribution >= 4 is 24.3 Å². The van der Waals surface area contributed by atoms with Gasteiger partial charge in [-0.25, -0.2) is 4.79 Å². The fourth-order valence-electron chi connectivity index (χ4n) is 2.23. The zero-order chi connectivity index (χ0) is 13.5. The van der Waals surface area contributed by atoms with Crippen LogP contribution >= 0.6 is 12.4 Å². The summed E-state index contributed by atoms with van der Waals surface area (Å²) >= 11 is 0. The third-order valence-electron chi connectivity index (χ3n) is 3.39. The molecule has 0 aliphatic carbocycles. The van der Waals surface area contributed by atoms with E-state index in [0.717, 1.165) is 32.4 Å². The van der Waals surface area contributed by atoms with Gasteiger partial charge in [-0.2, -0.15) is 0 Å². The number of primary amides is 1. The molecule has 0 aromatic heterocycles. The molecule has 0 spiro atoms. The minimum absolute atomic E-state index is 0. The summed E-state index contributed by atoms with van der Waals surface area (Å²) in [5.74, 6) is -0.0454. The second kappa shape index (κ2) is 8.98. The Bertz CT molecular complexity index is 295. The van der Waals surface area contributed by atoms with Crippen molar-refractivity contribution in [2.45, 2.75) is 44.7 Å². The van der Waals surface area contributed by atoms with E-state index in [1.54, 1.807) is 11.9 Å². The average molecular weight is 293 g/mol. The molecule has 3 amide bonds. The number of nitrogens with two attached hydrogens (primary N) is 1. The summed E-state index contributed by atoms with van der Waals surface area (Å²) in [6.07, 6.45) is 3.48. The van der Waals surface area contributed by atoms with E-state index in [9.17, 15) is 9.59 Å². The molecular weight excluding hydrogens is 268 g/mol. The van der Waals surface area contributed by atoms with Gasteiger partial charge in [0.05, 0.1) is 0 Å².